The van der Waals surface area contributed by atoms with Crippen LogP contribution in [0.15, 0.2) is 66.9 Å². The van der Waals surface area contributed by atoms with Crippen molar-refractivity contribution in [3.05, 3.63) is 78.1 Å². The van der Waals surface area contributed by atoms with Crippen LogP contribution in [0.5, 0.6) is 0 Å². The number of hydrogen-bond donors (Lipinski definition) is 2. The highest BCUT2D eigenvalue weighted by molar-refractivity contribution is 6.01. The van der Waals surface area contributed by atoms with Gasteiger partial charge in [-0.2, -0.15) is 5.10 Å². The lowest BCUT2D eigenvalue weighted by Crippen LogP contribution is -2.66. The number of nitrogens with zero attached hydrogens (tertiary/aromatic N) is 3. The topological polar surface area (TPSA) is 83.1 Å². The predicted octanol–water partition coefficient (Wildman–Crippen LogP) is 4.34. The fourth-order valence-electron chi connectivity index (χ4n) is 5.37. The van der Waals surface area contributed by atoms with Gasteiger partial charge in [-0.05, 0) is 61.2 Å². The van der Waals surface area contributed by atoms with Gasteiger partial charge in [0.15, 0.2) is 0 Å². The average Bonchev–Trinajstić information content (AvgIpc) is 3.60. The molecule has 1 atom stereocenters. The normalized spacial score (nSPS) is 19.3. The number of hydrogen-bond acceptors (Lipinski definition) is 5. The van der Waals surface area contributed by atoms with Crippen molar-refractivity contribution in [1.29, 1.82) is 0 Å². The zero-order valence-corrected chi connectivity index (χ0v) is 19.4. The third-order valence-electron chi connectivity index (χ3n) is 7.59. The lowest BCUT2D eigenvalue weighted by Gasteiger charge is -2.56. The number of anilines is 1. The van der Waals surface area contributed by atoms with Crippen molar-refractivity contribution in [2.75, 3.05) is 31.2 Å². The average molecular weight is 466 g/mol. The summed E-state index contributed by atoms with van der Waals surface area (Å²) in [4.78, 5) is 20.1. The molecule has 3 fully saturated rings. The molecule has 2 aromatic carbocycles. The third-order valence-corrected chi connectivity index (χ3v) is 7.59. The largest absolute Gasteiger partial charge is 0.380 e. The zero-order valence-electron chi connectivity index (χ0n) is 19.4. The Labute approximate surface area is 203 Å². The molecule has 1 aliphatic carbocycles. The Hall–Kier alpha value is -3.71. The maximum absolute atomic E-state index is 13.2. The summed E-state index contributed by atoms with van der Waals surface area (Å²) in [6, 6.07) is 20.1. The standard InChI is InChI=1S/C28H27N5O2/c34-27(30-26(19-4-5-19)24-3-1-2-12-29-24)20-8-11-23-22(13-20)25(32-31-23)18-6-9-21(10-7-18)33-14-28(15-33)16-35-17-28/h1-3,6-13,19,26H,4-5,14-17H2,(H,30,34)(H,31,32). The van der Waals surface area contributed by atoms with Crippen LogP contribution in [0.25, 0.3) is 22.2 Å². The van der Waals surface area contributed by atoms with E-state index in [9.17, 15) is 4.79 Å². The molecule has 1 spiro atoms. The molecule has 2 aliphatic heterocycles. The molecule has 1 unspecified atom stereocenters. The third kappa shape index (κ3) is 3.67. The number of aromatic nitrogens is 3. The van der Waals surface area contributed by atoms with E-state index in [-0.39, 0.29) is 11.9 Å². The van der Waals surface area contributed by atoms with Gasteiger partial charge in [-0.3, -0.25) is 14.9 Å². The molecule has 2 saturated heterocycles. The summed E-state index contributed by atoms with van der Waals surface area (Å²) in [5, 5.41) is 11.9. The maximum atomic E-state index is 13.2. The number of fused-ring (bicyclic) bond motifs is 1. The number of carbonyl (C=O) groups is 1. The second-order valence-electron chi connectivity index (χ2n) is 10.3. The van der Waals surface area contributed by atoms with Crippen LogP contribution in [0.1, 0.15) is 34.9 Å². The fraction of sp³-hybridized carbons (Fsp3) is 0.321. The first-order valence-corrected chi connectivity index (χ1v) is 12.3. The van der Waals surface area contributed by atoms with Gasteiger partial charge in [-0.1, -0.05) is 18.2 Å². The van der Waals surface area contributed by atoms with Crippen LogP contribution in [0, 0.1) is 11.3 Å². The molecular formula is C28H27N5O2. The highest BCUT2D eigenvalue weighted by Crippen LogP contribution is 2.41. The van der Waals surface area contributed by atoms with Crippen LogP contribution in [0.2, 0.25) is 0 Å². The second-order valence-corrected chi connectivity index (χ2v) is 10.3. The van der Waals surface area contributed by atoms with Gasteiger partial charge in [0, 0.05) is 41.5 Å². The molecule has 4 aromatic rings. The minimum absolute atomic E-state index is 0.0529. The Morgan fingerprint density at radius 3 is 2.60 bits per heavy atom. The van der Waals surface area contributed by atoms with Gasteiger partial charge in [0.25, 0.3) is 5.91 Å². The SMILES string of the molecule is O=C(NC(c1ccccn1)C1CC1)c1ccc2[nH]nc(-c3ccc(N4CC5(COC5)C4)cc3)c2c1. The zero-order chi connectivity index (χ0) is 23.4. The van der Waals surface area contributed by atoms with E-state index in [0.29, 0.717) is 16.9 Å². The first-order valence-electron chi connectivity index (χ1n) is 12.3. The van der Waals surface area contributed by atoms with E-state index in [1.807, 2.05) is 36.4 Å². The Morgan fingerprint density at radius 1 is 1.09 bits per heavy atom. The van der Waals surface area contributed by atoms with Gasteiger partial charge in [-0.15, -0.1) is 0 Å². The van der Waals surface area contributed by atoms with Gasteiger partial charge >= 0.3 is 0 Å². The molecule has 176 valence electrons. The van der Waals surface area contributed by atoms with Crippen LogP contribution in [-0.4, -0.2) is 47.4 Å². The van der Waals surface area contributed by atoms with Crippen molar-refractivity contribution < 1.29 is 9.53 Å². The van der Waals surface area contributed by atoms with Gasteiger partial charge in [0.05, 0.1) is 41.6 Å². The lowest BCUT2D eigenvalue weighted by atomic mass is 9.78. The lowest BCUT2D eigenvalue weighted by molar-refractivity contribution is -0.127. The van der Waals surface area contributed by atoms with Gasteiger partial charge < -0.3 is 15.0 Å². The molecule has 35 heavy (non-hydrogen) atoms. The Morgan fingerprint density at radius 2 is 1.91 bits per heavy atom. The van der Waals surface area contributed by atoms with E-state index < -0.39 is 0 Å². The number of rotatable bonds is 6. The molecule has 4 heterocycles. The van der Waals surface area contributed by atoms with Crippen LogP contribution in [0.3, 0.4) is 0 Å². The van der Waals surface area contributed by atoms with E-state index in [4.69, 9.17) is 4.74 Å². The number of amides is 1. The van der Waals surface area contributed by atoms with Crippen LogP contribution >= 0.6 is 0 Å². The minimum atomic E-state index is -0.0800. The van der Waals surface area contributed by atoms with E-state index in [0.717, 1.165) is 67.0 Å². The molecular weight excluding hydrogens is 438 g/mol. The number of carbonyl (C=O) groups excluding carboxylic acids is 1. The fourth-order valence-corrected chi connectivity index (χ4v) is 5.37. The Bertz CT molecular complexity index is 1380. The summed E-state index contributed by atoms with van der Waals surface area (Å²) in [5.74, 6) is 0.377. The van der Waals surface area contributed by atoms with Crippen molar-refractivity contribution in [2.24, 2.45) is 11.3 Å². The highest BCUT2D eigenvalue weighted by Gasteiger charge is 2.49. The molecule has 2 aromatic heterocycles. The van der Waals surface area contributed by atoms with E-state index >= 15 is 0 Å². The van der Waals surface area contributed by atoms with Crippen molar-refractivity contribution >= 4 is 22.5 Å². The van der Waals surface area contributed by atoms with Crippen LogP contribution in [-0.2, 0) is 4.74 Å². The molecule has 3 aliphatic rings. The summed E-state index contributed by atoms with van der Waals surface area (Å²) in [7, 11) is 0. The van der Waals surface area contributed by atoms with Gasteiger partial charge in [0.1, 0.15) is 0 Å². The maximum Gasteiger partial charge on any atom is 0.251 e. The summed E-state index contributed by atoms with van der Waals surface area (Å²) in [6.07, 6.45) is 4.02. The number of H-pyrrole nitrogens is 1. The molecule has 1 amide bonds. The molecule has 1 saturated carbocycles. The Balaban J connectivity index is 1.12. The number of nitrogens with one attached hydrogen (secondary N) is 2. The van der Waals surface area contributed by atoms with Crippen molar-refractivity contribution in [3.63, 3.8) is 0 Å². The van der Waals surface area contributed by atoms with Crippen LogP contribution < -0.4 is 10.2 Å². The minimum Gasteiger partial charge on any atom is -0.380 e. The Kier molecular flexibility index (Phi) is 4.67. The molecule has 7 rings (SSSR count). The van der Waals surface area contributed by atoms with Gasteiger partial charge in [0.2, 0.25) is 0 Å². The summed E-state index contributed by atoms with van der Waals surface area (Å²) >= 11 is 0. The first-order chi connectivity index (χ1) is 17.2. The number of pyridine rings is 1. The molecule has 0 radical (unpaired) electrons. The van der Waals surface area contributed by atoms with Crippen molar-refractivity contribution in [1.82, 2.24) is 20.5 Å². The highest BCUT2D eigenvalue weighted by atomic mass is 16.5. The predicted molar refractivity (Wildman–Crippen MR) is 134 cm³/mol. The van der Waals surface area contributed by atoms with Crippen molar-refractivity contribution in [3.8, 4) is 11.3 Å². The summed E-state index contributed by atoms with van der Waals surface area (Å²) in [5.41, 5.74) is 5.98. The molecule has 0 bridgehead atoms. The van der Waals surface area contributed by atoms with E-state index in [1.165, 1.54) is 5.69 Å². The van der Waals surface area contributed by atoms with E-state index in [1.54, 1.807) is 6.20 Å². The monoisotopic (exact) mass is 465 g/mol. The van der Waals surface area contributed by atoms with Crippen molar-refractivity contribution in [2.45, 2.75) is 18.9 Å². The van der Waals surface area contributed by atoms with Crippen LogP contribution in [0.4, 0.5) is 5.69 Å². The molecule has 7 heteroatoms. The summed E-state index contributed by atoms with van der Waals surface area (Å²) < 4.78 is 5.39. The van der Waals surface area contributed by atoms with Gasteiger partial charge in [-0.25, -0.2) is 0 Å². The smallest absolute Gasteiger partial charge is 0.251 e. The number of benzene rings is 2. The first kappa shape index (κ1) is 20.6. The number of aromatic amines is 1. The summed E-state index contributed by atoms with van der Waals surface area (Å²) in [6.45, 7) is 3.91. The quantitative estimate of drug-likeness (QED) is 0.443. The molecule has 7 nitrogen and oxygen atoms in total. The van der Waals surface area contributed by atoms with E-state index in [2.05, 4.69) is 49.7 Å². The molecule has 2 N–H and O–H groups in total. The number of ether oxygens (including phenoxy) is 1. The second kappa shape index (κ2) is 7.92.